The molecular formula is C15H14FNO2. The van der Waals surface area contributed by atoms with E-state index in [0.29, 0.717) is 11.3 Å². The van der Waals surface area contributed by atoms with Crippen molar-refractivity contribution in [1.82, 2.24) is 0 Å². The number of hydrogen-bond donors (Lipinski definition) is 2. The molecule has 0 aliphatic rings. The Morgan fingerprint density at radius 1 is 1.11 bits per heavy atom. The molecule has 2 aromatic carbocycles. The number of aryl methyl sites for hydroxylation is 2. The van der Waals surface area contributed by atoms with Crippen LogP contribution >= 0.6 is 0 Å². The quantitative estimate of drug-likeness (QED) is 0.849. The minimum atomic E-state index is -1.17. The molecule has 0 aromatic heterocycles. The van der Waals surface area contributed by atoms with E-state index in [1.165, 1.54) is 18.2 Å². The zero-order chi connectivity index (χ0) is 14.0. The van der Waals surface area contributed by atoms with Gasteiger partial charge < -0.3 is 5.11 Å². The lowest BCUT2D eigenvalue weighted by Gasteiger charge is -2.11. The summed E-state index contributed by atoms with van der Waals surface area (Å²) < 4.78 is 13.4. The first-order valence-electron chi connectivity index (χ1n) is 5.84. The Balaban J connectivity index is 2.55. The highest BCUT2D eigenvalue weighted by Crippen LogP contribution is 2.30. The molecule has 19 heavy (non-hydrogen) atoms. The first kappa shape index (κ1) is 13.1. The minimum absolute atomic E-state index is 0.372. The maximum absolute atomic E-state index is 13.4. The Bertz CT molecular complexity index is 638. The van der Waals surface area contributed by atoms with Crippen LogP contribution in [0, 0.1) is 19.7 Å². The van der Waals surface area contributed by atoms with Crippen LogP contribution < -0.4 is 5.32 Å². The average molecular weight is 259 g/mol. The number of carbonyl (C=O) groups is 1. The van der Waals surface area contributed by atoms with E-state index < -0.39 is 11.9 Å². The van der Waals surface area contributed by atoms with E-state index in [1.54, 1.807) is 0 Å². The summed E-state index contributed by atoms with van der Waals surface area (Å²) in [4.78, 5) is 10.8. The number of rotatable bonds is 2. The highest BCUT2D eigenvalue weighted by atomic mass is 19.1. The van der Waals surface area contributed by atoms with Gasteiger partial charge in [0, 0.05) is 5.56 Å². The zero-order valence-corrected chi connectivity index (χ0v) is 10.7. The summed E-state index contributed by atoms with van der Waals surface area (Å²) in [5.74, 6) is -0.399. The van der Waals surface area contributed by atoms with E-state index in [4.69, 9.17) is 5.11 Å². The Morgan fingerprint density at radius 3 is 2.47 bits per heavy atom. The molecule has 4 heteroatoms. The van der Waals surface area contributed by atoms with Gasteiger partial charge in [0.2, 0.25) is 0 Å². The Labute approximate surface area is 110 Å². The van der Waals surface area contributed by atoms with Crippen molar-refractivity contribution in [3.05, 3.63) is 53.3 Å². The Morgan fingerprint density at radius 2 is 1.84 bits per heavy atom. The van der Waals surface area contributed by atoms with Gasteiger partial charge in [-0.15, -0.1) is 0 Å². The summed E-state index contributed by atoms with van der Waals surface area (Å²) in [7, 11) is 0. The lowest BCUT2D eigenvalue weighted by Crippen LogP contribution is -2.08. The second-order valence-corrected chi connectivity index (χ2v) is 4.42. The number of hydrogen-bond acceptors (Lipinski definition) is 1. The number of nitrogens with one attached hydrogen (secondary N) is 1. The van der Waals surface area contributed by atoms with Crippen molar-refractivity contribution in [1.29, 1.82) is 0 Å². The first-order valence-corrected chi connectivity index (χ1v) is 5.84. The third kappa shape index (κ3) is 2.91. The fourth-order valence-corrected chi connectivity index (χ4v) is 1.89. The van der Waals surface area contributed by atoms with Crippen LogP contribution in [0.15, 0.2) is 36.4 Å². The molecule has 0 bridgehead atoms. The van der Waals surface area contributed by atoms with E-state index in [2.05, 4.69) is 5.32 Å². The fraction of sp³-hybridized carbons (Fsp3) is 0.133. The summed E-state index contributed by atoms with van der Waals surface area (Å²) in [6.07, 6.45) is -1.17. The predicted octanol–water partition coefficient (Wildman–Crippen LogP) is 4.20. The summed E-state index contributed by atoms with van der Waals surface area (Å²) in [6.45, 7) is 3.95. The van der Waals surface area contributed by atoms with Crippen LogP contribution in [0.4, 0.5) is 14.9 Å². The van der Waals surface area contributed by atoms with Crippen LogP contribution in [0.25, 0.3) is 11.1 Å². The third-order valence-electron chi connectivity index (χ3n) is 3.04. The van der Waals surface area contributed by atoms with Gasteiger partial charge in [0.15, 0.2) is 0 Å². The summed E-state index contributed by atoms with van der Waals surface area (Å²) in [6, 6.07) is 9.68. The molecule has 0 aliphatic heterocycles. The second-order valence-electron chi connectivity index (χ2n) is 4.42. The van der Waals surface area contributed by atoms with Gasteiger partial charge in [-0.1, -0.05) is 18.2 Å². The monoisotopic (exact) mass is 259 g/mol. The van der Waals surface area contributed by atoms with Gasteiger partial charge in [-0.2, -0.15) is 0 Å². The summed E-state index contributed by atoms with van der Waals surface area (Å²) >= 11 is 0. The summed E-state index contributed by atoms with van der Waals surface area (Å²) in [5, 5.41) is 11.1. The van der Waals surface area contributed by atoms with E-state index in [1.807, 2.05) is 32.0 Å². The van der Waals surface area contributed by atoms with Gasteiger partial charge in [0.25, 0.3) is 0 Å². The molecule has 0 spiro atoms. The molecule has 0 unspecified atom stereocenters. The Kier molecular flexibility index (Phi) is 3.51. The second kappa shape index (κ2) is 5.10. The fourth-order valence-electron chi connectivity index (χ4n) is 1.89. The van der Waals surface area contributed by atoms with Gasteiger partial charge in [0.1, 0.15) is 5.82 Å². The molecule has 2 aromatic rings. The van der Waals surface area contributed by atoms with Crippen LogP contribution in [-0.2, 0) is 0 Å². The largest absolute Gasteiger partial charge is 0.465 e. The molecule has 3 nitrogen and oxygen atoms in total. The standard InChI is InChI=1S/C15H14FNO2/c1-9-3-4-11(7-10(9)2)13-8-12(16)5-6-14(13)17-15(18)19/h3-8,17H,1-2H3,(H,18,19). The highest BCUT2D eigenvalue weighted by molar-refractivity contribution is 5.90. The van der Waals surface area contributed by atoms with Crippen LogP contribution in [0.2, 0.25) is 0 Å². The molecule has 0 atom stereocenters. The lowest BCUT2D eigenvalue weighted by molar-refractivity contribution is 0.210. The van der Waals surface area contributed by atoms with Crippen LogP contribution in [0.3, 0.4) is 0 Å². The SMILES string of the molecule is Cc1ccc(-c2cc(F)ccc2NC(=O)O)cc1C. The Hall–Kier alpha value is -2.36. The highest BCUT2D eigenvalue weighted by Gasteiger charge is 2.09. The number of anilines is 1. The molecule has 0 saturated carbocycles. The van der Waals surface area contributed by atoms with Crippen molar-refractivity contribution in [2.75, 3.05) is 5.32 Å². The molecule has 0 fully saturated rings. The summed E-state index contributed by atoms with van der Waals surface area (Å²) in [5.41, 5.74) is 3.89. The number of halogens is 1. The first-order chi connectivity index (χ1) is 8.97. The van der Waals surface area contributed by atoms with Crippen molar-refractivity contribution in [3.8, 4) is 11.1 Å². The van der Waals surface area contributed by atoms with Crippen LogP contribution in [-0.4, -0.2) is 11.2 Å². The third-order valence-corrected chi connectivity index (χ3v) is 3.04. The normalized spacial score (nSPS) is 10.3. The maximum atomic E-state index is 13.4. The topological polar surface area (TPSA) is 49.3 Å². The average Bonchev–Trinajstić information content (AvgIpc) is 2.34. The molecule has 2 rings (SSSR count). The number of amides is 1. The van der Waals surface area contributed by atoms with Crippen molar-refractivity contribution < 1.29 is 14.3 Å². The molecular weight excluding hydrogens is 245 g/mol. The van der Waals surface area contributed by atoms with Gasteiger partial charge in [-0.05, 0) is 48.7 Å². The van der Waals surface area contributed by atoms with E-state index in [0.717, 1.165) is 16.7 Å². The molecule has 98 valence electrons. The smallest absolute Gasteiger partial charge is 0.409 e. The minimum Gasteiger partial charge on any atom is -0.465 e. The van der Waals surface area contributed by atoms with Gasteiger partial charge in [-0.3, -0.25) is 5.32 Å². The van der Waals surface area contributed by atoms with Crippen molar-refractivity contribution in [2.45, 2.75) is 13.8 Å². The van der Waals surface area contributed by atoms with Crippen LogP contribution in [0.5, 0.6) is 0 Å². The molecule has 0 radical (unpaired) electrons. The number of carboxylic acid groups (broad SMARTS) is 1. The molecule has 0 saturated heterocycles. The molecule has 0 heterocycles. The molecule has 1 amide bonds. The predicted molar refractivity (Wildman–Crippen MR) is 73.0 cm³/mol. The number of benzene rings is 2. The van der Waals surface area contributed by atoms with Crippen LogP contribution in [0.1, 0.15) is 11.1 Å². The zero-order valence-electron chi connectivity index (χ0n) is 10.7. The van der Waals surface area contributed by atoms with Gasteiger partial charge in [-0.25, -0.2) is 9.18 Å². The van der Waals surface area contributed by atoms with E-state index >= 15 is 0 Å². The molecule has 2 N–H and O–H groups in total. The van der Waals surface area contributed by atoms with E-state index in [-0.39, 0.29) is 0 Å². The van der Waals surface area contributed by atoms with E-state index in [9.17, 15) is 9.18 Å². The maximum Gasteiger partial charge on any atom is 0.409 e. The van der Waals surface area contributed by atoms with Crippen molar-refractivity contribution in [3.63, 3.8) is 0 Å². The van der Waals surface area contributed by atoms with Crippen molar-refractivity contribution in [2.24, 2.45) is 0 Å². The lowest BCUT2D eigenvalue weighted by atomic mass is 9.99. The van der Waals surface area contributed by atoms with Gasteiger partial charge in [0.05, 0.1) is 5.69 Å². The van der Waals surface area contributed by atoms with Crippen molar-refractivity contribution >= 4 is 11.8 Å². The molecule has 0 aliphatic carbocycles. The van der Waals surface area contributed by atoms with Gasteiger partial charge >= 0.3 is 6.09 Å².